The van der Waals surface area contributed by atoms with E-state index in [2.05, 4.69) is 31.2 Å². The van der Waals surface area contributed by atoms with Gasteiger partial charge >= 0.3 is 0 Å². The number of carbonyl (C=O) groups is 1. The second-order valence-corrected chi connectivity index (χ2v) is 5.75. The zero-order chi connectivity index (χ0) is 13.2. The zero-order valence-electron chi connectivity index (χ0n) is 9.63. The number of carbonyl (C=O) groups excluding carboxylic acids is 1. The van der Waals surface area contributed by atoms with Crippen LogP contribution in [-0.2, 0) is 0 Å². The minimum atomic E-state index is -0.258. The van der Waals surface area contributed by atoms with Crippen LogP contribution in [0.1, 0.15) is 10.5 Å². The van der Waals surface area contributed by atoms with E-state index >= 15 is 0 Å². The van der Waals surface area contributed by atoms with Gasteiger partial charge in [0.05, 0.1) is 10.2 Å². The smallest absolute Gasteiger partial charge is 0.276 e. The lowest BCUT2D eigenvalue weighted by atomic mass is 10.3. The molecule has 1 N–H and O–H groups in total. The van der Waals surface area contributed by atoms with Crippen LogP contribution < -0.4 is 5.32 Å². The molecule has 0 bridgehead atoms. The topological polar surface area (TPSA) is 54.9 Å². The van der Waals surface area contributed by atoms with Gasteiger partial charge in [0.1, 0.15) is 5.69 Å². The van der Waals surface area contributed by atoms with Crippen LogP contribution in [0.25, 0.3) is 10.2 Å². The SMILES string of the molecule is O=C(Nc1nc2ccccc2s1)c1ccc(Br)cn1. The second kappa shape index (κ2) is 5.07. The normalized spacial score (nSPS) is 10.6. The summed E-state index contributed by atoms with van der Waals surface area (Å²) in [6.07, 6.45) is 1.59. The lowest BCUT2D eigenvalue weighted by Gasteiger charge is -2.00. The number of hydrogen-bond donors (Lipinski definition) is 1. The molecule has 0 aliphatic carbocycles. The van der Waals surface area contributed by atoms with Gasteiger partial charge in [-0.25, -0.2) is 9.97 Å². The van der Waals surface area contributed by atoms with Crippen molar-refractivity contribution in [2.24, 2.45) is 0 Å². The van der Waals surface area contributed by atoms with Crippen molar-refractivity contribution in [2.75, 3.05) is 5.32 Å². The van der Waals surface area contributed by atoms with Gasteiger partial charge in [-0.2, -0.15) is 0 Å². The second-order valence-electron chi connectivity index (χ2n) is 3.80. The highest BCUT2D eigenvalue weighted by atomic mass is 79.9. The number of amides is 1. The van der Waals surface area contributed by atoms with Crippen LogP contribution in [0.5, 0.6) is 0 Å². The van der Waals surface area contributed by atoms with Crippen molar-refractivity contribution in [3.8, 4) is 0 Å². The molecule has 0 saturated heterocycles. The molecular weight excluding hydrogens is 326 g/mol. The summed E-state index contributed by atoms with van der Waals surface area (Å²) in [4.78, 5) is 20.4. The molecule has 3 aromatic rings. The van der Waals surface area contributed by atoms with Crippen LogP contribution in [0, 0.1) is 0 Å². The van der Waals surface area contributed by atoms with Crippen LogP contribution >= 0.6 is 27.3 Å². The fraction of sp³-hybridized carbons (Fsp3) is 0. The highest BCUT2D eigenvalue weighted by Gasteiger charge is 2.10. The third-order valence-electron chi connectivity index (χ3n) is 2.47. The Hall–Kier alpha value is -1.79. The first-order chi connectivity index (χ1) is 9.22. The van der Waals surface area contributed by atoms with Gasteiger partial charge in [0.2, 0.25) is 0 Å². The van der Waals surface area contributed by atoms with Gasteiger partial charge in [0.25, 0.3) is 5.91 Å². The van der Waals surface area contributed by atoms with Crippen molar-refractivity contribution < 1.29 is 4.79 Å². The van der Waals surface area contributed by atoms with Gasteiger partial charge < -0.3 is 0 Å². The molecule has 0 unspecified atom stereocenters. The molecule has 0 atom stereocenters. The molecule has 2 heterocycles. The Kier molecular flexibility index (Phi) is 3.27. The zero-order valence-corrected chi connectivity index (χ0v) is 12.0. The van der Waals surface area contributed by atoms with Crippen LogP contribution in [0.15, 0.2) is 47.1 Å². The molecule has 19 heavy (non-hydrogen) atoms. The molecule has 6 heteroatoms. The van der Waals surface area contributed by atoms with Crippen molar-refractivity contribution in [1.82, 2.24) is 9.97 Å². The van der Waals surface area contributed by atoms with E-state index in [1.807, 2.05) is 24.3 Å². The Balaban J connectivity index is 1.84. The van der Waals surface area contributed by atoms with Crippen molar-refractivity contribution in [3.63, 3.8) is 0 Å². The lowest BCUT2D eigenvalue weighted by Crippen LogP contribution is -2.13. The number of nitrogens with zero attached hydrogens (tertiary/aromatic N) is 2. The van der Waals surface area contributed by atoms with Gasteiger partial charge in [-0.3, -0.25) is 10.1 Å². The fourth-order valence-corrected chi connectivity index (χ4v) is 2.69. The predicted molar refractivity (Wildman–Crippen MR) is 79.5 cm³/mol. The van der Waals surface area contributed by atoms with Gasteiger partial charge in [-0.1, -0.05) is 23.5 Å². The van der Waals surface area contributed by atoms with Gasteiger partial charge in [-0.05, 0) is 40.2 Å². The number of nitrogens with one attached hydrogen (secondary N) is 1. The van der Waals surface area contributed by atoms with E-state index in [-0.39, 0.29) is 5.91 Å². The molecule has 0 spiro atoms. The number of para-hydroxylation sites is 1. The molecule has 1 aromatic carbocycles. The average molecular weight is 334 g/mol. The molecule has 0 fully saturated rings. The van der Waals surface area contributed by atoms with Crippen molar-refractivity contribution >= 4 is 48.5 Å². The number of pyridine rings is 1. The minimum Gasteiger partial charge on any atom is -0.296 e. The molecule has 0 radical (unpaired) electrons. The first-order valence-corrected chi connectivity index (χ1v) is 7.12. The Bertz CT molecular complexity index is 706. The van der Waals surface area contributed by atoms with E-state index in [1.54, 1.807) is 18.3 Å². The highest BCUT2D eigenvalue weighted by molar-refractivity contribution is 9.10. The number of halogens is 1. The number of aromatic nitrogens is 2. The van der Waals surface area contributed by atoms with Crippen LogP contribution in [0.3, 0.4) is 0 Å². The Labute approximate surface area is 121 Å². The number of thiazole rings is 1. The largest absolute Gasteiger partial charge is 0.296 e. The maximum Gasteiger partial charge on any atom is 0.276 e. The maximum atomic E-state index is 12.0. The van der Waals surface area contributed by atoms with Gasteiger partial charge in [0.15, 0.2) is 5.13 Å². The summed E-state index contributed by atoms with van der Waals surface area (Å²) >= 11 is 4.72. The third-order valence-corrected chi connectivity index (χ3v) is 3.90. The quantitative estimate of drug-likeness (QED) is 0.777. The maximum absolute atomic E-state index is 12.0. The van der Waals surface area contributed by atoms with E-state index in [9.17, 15) is 4.79 Å². The van der Waals surface area contributed by atoms with E-state index < -0.39 is 0 Å². The molecule has 0 saturated carbocycles. The van der Waals surface area contributed by atoms with E-state index in [4.69, 9.17) is 0 Å². The Morgan fingerprint density at radius 2 is 2.05 bits per heavy atom. The molecule has 94 valence electrons. The van der Waals surface area contributed by atoms with E-state index in [0.717, 1.165) is 14.7 Å². The van der Waals surface area contributed by atoms with Crippen LogP contribution in [0.4, 0.5) is 5.13 Å². The van der Waals surface area contributed by atoms with Crippen LogP contribution in [0.2, 0.25) is 0 Å². The summed E-state index contributed by atoms with van der Waals surface area (Å²) in [7, 11) is 0. The van der Waals surface area contributed by atoms with E-state index in [0.29, 0.717) is 10.8 Å². The summed E-state index contributed by atoms with van der Waals surface area (Å²) in [5.41, 5.74) is 1.24. The summed E-state index contributed by atoms with van der Waals surface area (Å²) in [5, 5.41) is 3.34. The standard InChI is InChI=1S/C13H8BrN3OS/c14-8-5-6-10(15-7-8)12(18)17-13-16-9-3-1-2-4-11(9)19-13/h1-7H,(H,16,17,18). The highest BCUT2D eigenvalue weighted by Crippen LogP contribution is 2.25. The molecule has 2 aromatic heterocycles. The fourth-order valence-electron chi connectivity index (χ4n) is 1.60. The number of rotatable bonds is 2. The number of anilines is 1. The first kappa shape index (κ1) is 12.3. The molecular formula is C13H8BrN3OS. The van der Waals surface area contributed by atoms with Crippen molar-refractivity contribution in [3.05, 3.63) is 52.8 Å². The molecule has 0 aliphatic heterocycles. The molecule has 4 nitrogen and oxygen atoms in total. The first-order valence-electron chi connectivity index (χ1n) is 5.51. The summed E-state index contributed by atoms with van der Waals surface area (Å²) < 4.78 is 1.88. The number of hydrogen-bond acceptors (Lipinski definition) is 4. The monoisotopic (exact) mass is 333 g/mol. The van der Waals surface area contributed by atoms with Crippen LogP contribution in [-0.4, -0.2) is 15.9 Å². The molecule has 0 aliphatic rings. The minimum absolute atomic E-state index is 0.258. The average Bonchev–Trinajstić information content (AvgIpc) is 2.81. The van der Waals surface area contributed by atoms with Gasteiger partial charge in [0, 0.05) is 10.7 Å². The Morgan fingerprint density at radius 3 is 2.79 bits per heavy atom. The van der Waals surface area contributed by atoms with E-state index in [1.165, 1.54) is 11.3 Å². The molecule has 1 amide bonds. The Morgan fingerprint density at radius 1 is 1.21 bits per heavy atom. The van der Waals surface area contributed by atoms with Gasteiger partial charge in [-0.15, -0.1) is 0 Å². The third kappa shape index (κ3) is 2.64. The molecule has 3 rings (SSSR count). The summed E-state index contributed by atoms with van der Waals surface area (Å²) in [6, 6.07) is 11.2. The summed E-state index contributed by atoms with van der Waals surface area (Å²) in [5.74, 6) is -0.258. The van der Waals surface area contributed by atoms with Crippen molar-refractivity contribution in [2.45, 2.75) is 0 Å². The van der Waals surface area contributed by atoms with Crippen molar-refractivity contribution in [1.29, 1.82) is 0 Å². The number of fused-ring (bicyclic) bond motifs is 1. The lowest BCUT2D eigenvalue weighted by molar-refractivity contribution is 0.102. The predicted octanol–water partition coefficient (Wildman–Crippen LogP) is 3.71. The summed E-state index contributed by atoms with van der Waals surface area (Å²) in [6.45, 7) is 0. The number of benzene rings is 1.